The number of benzene rings is 1. The van der Waals surface area contributed by atoms with Crippen LogP contribution in [0.25, 0.3) is 22.6 Å². The van der Waals surface area contributed by atoms with Gasteiger partial charge >= 0.3 is 6.18 Å². The highest BCUT2D eigenvalue weighted by Gasteiger charge is 2.30. The molecule has 12 heteroatoms. The van der Waals surface area contributed by atoms with E-state index in [0.717, 1.165) is 48.5 Å². The Morgan fingerprint density at radius 3 is 2.50 bits per heavy atom. The summed E-state index contributed by atoms with van der Waals surface area (Å²) in [5.41, 5.74) is 3.65. The van der Waals surface area contributed by atoms with Crippen molar-refractivity contribution >= 4 is 22.9 Å². The van der Waals surface area contributed by atoms with Gasteiger partial charge in [0.2, 0.25) is 5.91 Å². The number of carbonyl (C=O) groups is 1. The van der Waals surface area contributed by atoms with Gasteiger partial charge in [0, 0.05) is 38.8 Å². The average Bonchev–Trinajstić information content (AvgIpc) is 3.54. The fraction of sp³-hybridized carbons (Fsp3) is 0.423. The van der Waals surface area contributed by atoms with Crippen molar-refractivity contribution in [3.05, 3.63) is 53.1 Å². The second-order valence-corrected chi connectivity index (χ2v) is 9.57. The number of nitrogens with zero attached hydrogens (tertiary/aromatic N) is 7. The Hall–Kier alpha value is -3.96. The van der Waals surface area contributed by atoms with Crippen LogP contribution in [-0.4, -0.2) is 59.7 Å². The van der Waals surface area contributed by atoms with Crippen molar-refractivity contribution in [2.24, 2.45) is 7.05 Å². The van der Waals surface area contributed by atoms with Gasteiger partial charge in [-0.2, -0.15) is 18.3 Å². The summed E-state index contributed by atoms with van der Waals surface area (Å²) in [4.78, 5) is 27.9. The standard InChI is InChI=1S/C26H29F3N8O/c1-16-21(17(2)35(3)34-16)23-32-24(30-11-5-13-36-12-4-6-20(36)38)22-25(33-23)37(15-31-22)14-18-7-9-19(10-8-18)26(27,28)29/h7-10,15H,4-6,11-14H2,1-3H3,(H,30,32,33). The zero-order valence-electron chi connectivity index (χ0n) is 21.5. The smallest absolute Gasteiger partial charge is 0.368 e. The van der Waals surface area contributed by atoms with E-state index in [1.807, 2.05) is 25.8 Å². The van der Waals surface area contributed by atoms with Crippen molar-refractivity contribution in [2.45, 2.75) is 45.8 Å². The number of carbonyl (C=O) groups excluding carboxylic acids is 1. The van der Waals surface area contributed by atoms with Crippen LogP contribution < -0.4 is 5.32 Å². The Morgan fingerprint density at radius 1 is 1.11 bits per heavy atom. The van der Waals surface area contributed by atoms with Crippen LogP contribution in [-0.2, 0) is 24.6 Å². The highest BCUT2D eigenvalue weighted by atomic mass is 19.4. The molecule has 1 saturated heterocycles. The minimum Gasteiger partial charge on any atom is -0.368 e. The average molecular weight is 527 g/mol. The van der Waals surface area contributed by atoms with Crippen molar-refractivity contribution in [2.75, 3.05) is 25.0 Å². The fourth-order valence-corrected chi connectivity index (χ4v) is 4.81. The van der Waals surface area contributed by atoms with Crippen molar-refractivity contribution < 1.29 is 18.0 Å². The lowest BCUT2D eigenvalue weighted by Gasteiger charge is -2.15. The number of rotatable bonds is 8. The highest BCUT2D eigenvalue weighted by Crippen LogP contribution is 2.30. The molecule has 0 bridgehead atoms. The Balaban J connectivity index is 1.46. The molecule has 0 radical (unpaired) electrons. The van der Waals surface area contributed by atoms with Crippen LogP contribution >= 0.6 is 0 Å². The van der Waals surface area contributed by atoms with E-state index >= 15 is 0 Å². The van der Waals surface area contributed by atoms with Crippen molar-refractivity contribution in [1.82, 2.24) is 34.2 Å². The van der Waals surface area contributed by atoms with Crippen LogP contribution in [0.1, 0.15) is 41.8 Å². The summed E-state index contributed by atoms with van der Waals surface area (Å²) in [6.07, 6.45) is -0.488. The maximum atomic E-state index is 13.0. The summed E-state index contributed by atoms with van der Waals surface area (Å²) < 4.78 is 42.6. The van der Waals surface area contributed by atoms with E-state index in [-0.39, 0.29) is 5.91 Å². The van der Waals surface area contributed by atoms with Gasteiger partial charge < -0.3 is 14.8 Å². The van der Waals surface area contributed by atoms with Gasteiger partial charge in [0.25, 0.3) is 0 Å². The molecule has 0 atom stereocenters. The lowest BCUT2D eigenvalue weighted by atomic mass is 10.1. The largest absolute Gasteiger partial charge is 0.416 e. The third-order valence-corrected chi connectivity index (χ3v) is 6.90. The SMILES string of the molecule is Cc1nn(C)c(C)c1-c1nc(NCCCN2CCCC2=O)c2ncn(Cc3ccc(C(F)(F)F)cc3)c2n1. The first-order valence-electron chi connectivity index (χ1n) is 12.5. The molecular weight excluding hydrogens is 497 g/mol. The van der Waals surface area contributed by atoms with Crippen molar-refractivity contribution in [3.8, 4) is 11.4 Å². The van der Waals surface area contributed by atoms with Gasteiger partial charge in [0.15, 0.2) is 17.3 Å². The van der Waals surface area contributed by atoms with Gasteiger partial charge in [0.05, 0.1) is 29.7 Å². The van der Waals surface area contributed by atoms with Gasteiger partial charge in [-0.05, 0) is 44.4 Å². The van der Waals surface area contributed by atoms with Gasteiger partial charge in [-0.15, -0.1) is 0 Å². The monoisotopic (exact) mass is 526 g/mol. The first-order chi connectivity index (χ1) is 18.1. The van der Waals surface area contributed by atoms with Crippen molar-refractivity contribution in [3.63, 3.8) is 0 Å². The molecule has 1 aliphatic rings. The lowest BCUT2D eigenvalue weighted by Crippen LogP contribution is -2.27. The van der Waals surface area contributed by atoms with Crippen LogP contribution in [0.3, 0.4) is 0 Å². The number of nitrogens with one attached hydrogen (secondary N) is 1. The van der Waals surface area contributed by atoms with Crippen LogP contribution in [0.5, 0.6) is 0 Å². The van der Waals surface area contributed by atoms with Gasteiger partial charge in [0.1, 0.15) is 5.52 Å². The summed E-state index contributed by atoms with van der Waals surface area (Å²) in [5, 5.41) is 7.86. The number of fused-ring (bicyclic) bond motifs is 1. The van der Waals surface area contributed by atoms with Gasteiger partial charge in [-0.3, -0.25) is 9.48 Å². The number of hydrogen-bond acceptors (Lipinski definition) is 6. The van der Waals surface area contributed by atoms with E-state index in [1.165, 1.54) is 12.1 Å². The fourth-order valence-electron chi connectivity index (χ4n) is 4.81. The summed E-state index contributed by atoms with van der Waals surface area (Å²) >= 11 is 0. The molecule has 3 aromatic heterocycles. The Labute approximate surface area is 217 Å². The highest BCUT2D eigenvalue weighted by molar-refractivity contribution is 5.85. The van der Waals surface area contributed by atoms with Gasteiger partial charge in [-0.25, -0.2) is 15.0 Å². The number of hydrogen-bond donors (Lipinski definition) is 1. The first-order valence-corrected chi connectivity index (χ1v) is 12.5. The molecule has 0 unspecified atom stereocenters. The van der Waals surface area contributed by atoms with Crippen LogP contribution in [0.2, 0.25) is 0 Å². The second kappa shape index (κ2) is 10.1. The van der Waals surface area contributed by atoms with Crippen LogP contribution in [0.4, 0.5) is 19.0 Å². The number of aryl methyl sites for hydroxylation is 2. The van der Waals surface area contributed by atoms with Crippen LogP contribution in [0, 0.1) is 13.8 Å². The molecule has 9 nitrogen and oxygen atoms in total. The van der Waals surface area contributed by atoms with E-state index in [9.17, 15) is 18.0 Å². The first kappa shape index (κ1) is 25.7. The number of imidazole rings is 1. The summed E-state index contributed by atoms with van der Waals surface area (Å²) in [6.45, 7) is 6.21. The zero-order valence-corrected chi connectivity index (χ0v) is 21.5. The number of aromatic nitrogens is 6. The number of halogens is 3. The van der Waals surface area contributed by atoms with E-state index in [1.54, 1.807) is 15.6 Å². The van der Waals surface area contributed by atoms with Crippen molar-refractivity contribution in [1.29, 1.82) is 0 Å². The Bertz CT molecular complexity index is 1470. The molecule has 1 N–H and O–H groups in total. The molecular formula is C26H29F3N8O. The number of amides is 1. The molecule has 4 heterocycles. The van der Waals surface area contributed by atoms with E-state index in [2.05, 4.69) is 15.4 Å². The topological polar surface area (TPSA) is 93.8 Å². The maximum absolute atomic E-state index is 13.0. The molecule has 0 aliphatic carbocycles. The quantitative estimate of drug-likeness (QED) is 0.344. The van der Waals surface area contributed by atoms with Crippen LogP contribution in [0.15, 0.2) is 30.6 Å². The third kappa shape index (κ3) is 5.07. The number of likely N-dealkylation sites (tertiary alicyclic amines) is 1. The summed E-state index contributed by atoms with van der Waals surface area (Å²) in [5.74, 6) is 1.25. The Morgan fingerprint density at radius 2 is 1.87 bits per heavy atom. The number of alkyl halides is 3. The molecule has 1 aromatic carbocycles. The zero-order chi connectivity index (χ0) is 27.0. The molecule has 1 aliphatic heterocycles. The van der Waals surface area contributed by atoms with E-state index < -0.39 is 11.7 Å². The minimum atomic E-state index is -4.38. The molecule has 1 amide bonds. The summed E-state index contributed by atoms with van der Waals surface area (Å²) in [6, 6.07) is 5.08. The molecule has 4 aromatic rings. The normalized spacial score (nSPS) is 14.2. The molecule has 5 rings (SSSR count). The predicted molar refractivity (Wildman–Crippen MR) is 136 cm³/mol. The van der Waals surface area contributed by atoms with Gasteiger partial charge in [-0.1, -0.05) is 12.1 Å². The third-order valence-electron chi connectivity index (χ3n) is 6.90. The lowest BCUT2D eigenvalue weighted by molar-refractivity contribution is -0.137. The molecule has 38 heavy (non-hydrogen) atoms. The predicted octanol–water partition coefficient (Wildman–Crippen LogP) is 4.34. The molecule has 1 fully saturated rings. The molecule has 0 saturated carbocycles. The molecule has 200 valence electrons. The summed E-state index contributed by atoms with van der Waals surface area (Å²) in [7, 11) is 1.86. The number of anilines is 1. The van der Waals surface area contributed by atoms with E-state index in [0.29, 0.717) is 54.4 Å². The second-order valence-electron chi connectivity index (χ2n) is 9.57. The maximum Gasteiger partial charge on any atom is 0.416 e. The minimum absolute atomic E-state index is 0.196. The molecule has 0 spiro atoms. The van der Waals surface area contributed by atoms with E-state index in [4.69, 9.17) is 9.97 Å². The Kier molecular flexibility index (Phi) is 6.80.